The zero-order valence-electron chi connectivity index (χ0n) is 8.93. The van der Waals surface area contributed by atoms with Crippen LogP contribution in [0.25, 0.3) is 0 Å². The summed E-state index contributed by atoms with van der Waals surface area (Å²) in [6, 6.07) is 10.7. The summed E-state index contributed by atoms with van der Waals surface area (Å²) in [4.78, 5) is 2.56. The number of fused-ring (bicyclic) bond motifs is 1. The van der Waals surface area contributed by atoms with E-state index in [2.05, 4.69) is 35.2 Å². The highest BCUT2D eigenvalue weighted by molar-refractivity contribution is 5.14. The van der Waals surface area contributed by atoms with Crippen LogP contribution >= 0.6 is 0 Å². The normalized spacial score (nSPS) is 30.7. The molecular weight excluding hydrogens is 186 g/mol. The van der Waals surface area contributed by atoms with Crippen LogP contribution in [0.2, 0.25) is 0 Å². The molecule has 1 aromatic rings. The van der Waals surface area contributed by atoms with Gasteiger partial charge in [-0.2, -0.15) is 0 Å². The maximum absolute atomic E-state index is 5.48. The van der Waals surface area contributed by atoms with Crippen molar-refractivity contribution in [1.82, 2.24) is 4.90 Å². The molecule has 0 saturated carbocycles. The lowest BCUT2D eigenvalue weighted by Gasteiger charge is -2.16. The van der Waals surface area contributed by atoms with Gasteiger partial charge in [0.2, 0.25) is 0 Å². The van der Waals surface area contributed by atoms with Crippen LogP contribution in [0.15, 0.2) is 30.3 Å². The molecule has 0 N–H and O–H groups in total. The molecule has 15 heavy (non-hydrogen) atoms. The molecular formula is C13H17NO. The van der Waals surface area contributed by atoms with Gasteiger partial charge in [-0.25, -0.2) is 0 Å². The fourth-order valence-corrected chi connectivity index (χ4v) is 2.76. The van der Waals surface area contributed by atoms with Gasteiger partial charge in [0, 0.05) is 31.5 Å². The number of benzene rings is 1. The molecule has 1 aromatic carbocycles. The summed E-state index contributed by atoms with van der Waals surface area (Å²) >= 11 is 0. The molecule has 0 amide bonds. The van der Waals surface area contributed by atoms with Gasteiger partial charge in [0.15, 0.2) is 0 Å². The fraction of sp³-hybridized carbons (Fsp3) is 0.538. The maximum atomic E-state index is 5.48. The molecule has 80 valence electrons. The number of rotatable bonds is 2. The van der Waals surface area contributed by atoms with Gasteiger partial charge in [0.1, 0.15) is 0 Å². The molecule has 0 spiro atoms. The van der Waals surface area contributed by atoms with Crippen LogP contribution in [0.4, 0.5) is 0 Å². The first-order chi connectivity index (χ1) is 7.42. The highest BCUT2D eigenvalue weighted by Crippen LogP contribution is 2.29. The second-order valence-electron chi connectivity index (χ2n) is 4.74. The van der Waals surface area contributed by atoms with Crippen molar-refractivity contribution >= 4 is 0 Å². The lowest BCUT2D eigenvalue weighted by molar-refractivity contribution is 0.153. The third-order valence-electron chi connectivity index (χ3n) is 3.56. The van der Waals surface area contributed by atoms with Crippen LogP contribution in [-0.4, -0.2) is 31.2 Å². The third-order valence-corrected chi connectivity index (χ3v) is 3.56. The van der Waals surface area contributed by atoms with E-state index < -0.39 is 0 Å². The van der Waals surface area contributed by atoms with Crippen LogP contribution in [0, 0.1) is 11.8 Å². The first kappa shape index (κ1) is 9.37. The second-order valence-corrected chi connectivity index (χ2v) is 4.74. The minimum Gasteiger partial charge on any atom is -0.381 e. The average Bonchev–Trinajstić information content (AvgIpc) is 2.79. The molecule has 2 aliphatic heterocycles. The van der Waals surface area contributed by atoms with Gasteiger partial charge in [-0.3, -0.25) is 4.90 Å². The highest BCUT2D eigenvalue weighted by atomic mass is 16.5. The van der Waals surface area contributed by atoms with Crippen molar-refractivity contribution < 1.29 is 4.74 Å². The summed E-state index contributed by atoms with van der Waals surface area (Å²) in [5, 5.41) is 0. The Bertz CT molecular complexity index is 313. The van der Waals surface area contributed by atoms with E-state index >= 15 is 0 Å². The minimum absolute atomic E-state index is 0.800. The molecule has 0 aromatic heterocycles. The summed E-state index contributed by atoms with van der Waals surface area (Å²) in [6.07, 6.45) is 0. The summed E-state index contributed by atoms with van der Waals surface area (Å²) in [6.45, 7) is 5.51. The number of hydrogen-bond donors (Lipinski definition) is 0. The quantitative estimate of drug-likeness (QED) is 0.726. The van der Waals surface area contributed by atoms with Gasteiger partial charge >= 0.3 is 0 Å². The van der Waals surface area contributed by atoms with Crippen molar-refractivity contribution in [3.05, 3.63) is 35.9 Å². The number of ether oxygens (including phenoxy) is 1. The molecule has 2 nitrogen and oxygen atoms in total. The van der Waals surface area contributed by atoms with Crippen molar-refractivity contribution in [3.63, 3.8) is 0 Å². The lowest BCUT2D eigenvalue weighted by atomic mass is 10.0. The van der Waals surface area contributed by atoms with E-state index in [4.69, 9.17) is 4.74 Å². The van der Waals surface area contributed by atoms with Crippen LogP contribution < -0.4 is 0 Å². The first-order valence-corrected chi connectivity index (χ1v) is 5.76. The zero-order chi connectivity index (χ0) is 10.1. The van der Waals surface area contributed by atoms with Crippen LogP contribution in [0.5, 0.6) is 0 Å². The topological polar surface area (TPSA) is 12.5 Å². The van der Waals surface area contributed by atoms with E-state index in [0.29, 0.717) is 0 Å². The van der Waals surface area contributed by atoms with Gasteiger partial charge in [0.25, 0.3) is 0 Å². The Morgan fingerprint density at radius 3 is 2.40 bits per heavy atom. The molecule has 2 heterocycles. The van der Waals surface area contributed by atoms with Crippen LogP contribution in [0.1, 0.15) is 5.56 Å². The standard InChI is InChI=1S/C13H17NO/c1-2-4-11(5-3-1)6-14-7-12-9-15-10-13(12)8-14/h1-5,12-13H,6-10H2/t12-,13-/m1/s1. The molecule has 2 heteroatoms. The summed E-state index contributed by atoms with van der Waals surface area (Å²) < 4.78 is 5.48. The molecule has 2 fully saturated rings. The molecule has 2 saturated heterocycles. The Kier molecular flexibility index (Phi) is 2.47. The van der Waals surface area contributed by atoms with Gasteiger partial charge in [0.05, 0.1) is 13.2 Å². The number of hydrogen-bond acceptors (Lipinski definition) is 2. The Morgan fingerprint density at radius 2 is 1.73 bits per heavy atom. The minimum atomic E-state index is 0.800. The Balaban J connectivity index is 1.62. The van der Waals surface area contributed by atoms with E-state index in [-0.39, 0.29) is 0 Å². The first-order valence-electron chi connectivity index (χ1n) is 5.76. The van der Waals surface area contributed by atoms with E-state index in [1.807, 2.05) is 0 Å². The number of nitrogens with zero attached hydrogens (tertiary/aromatic N) is 1. The predicted molar refractivity (Wildman–Crippen MR) is 59.5 cm³/mol. The van der Waals surface area contributed by atoms with Crippen LogP contribution in [0.3, 0.4) is 0 Å². The fourth-order valence-electron chi connectivity index (χ4n) is 2.76. The van der Waals surface area contributed by atoms with Gasteiger partial charge in [-0.05, 0) is 5.56 Å². The average molecular weight is 203 g/mol. The summed E-state index contributed by atoms with van der Waals surface area (Å²) in [5.41, 5.74) is 1.43. The molecule has 0 radical (unpaired) electrons. The summed E-state index contributed by atoms with van der Waals surface area (Å²) in [7, 11) is 0. The van der Waals surface area contributed by atoms with E-state index in [0.717, 1.165) is 31.6 Å². The van der Waals surface area contributed by atoms with E-state index in [9.17, 15) is 0 Å². The Morgan fingerprint density at radius 1 is 1.07 bits per heavy atom. The molecule has 3 rings (SSSR count). The monoisotopic (exact) mass is 203 g/mol. The van der Waals surface area contributed by atoms with Crippen molar-refractivity contribution in [1.29, 1.82) is 0 Å². The highest BCUT2D eigenvalue weighted by Gasteiger charge is 2.36. The molecule has 0 bridgehead atoms. The number of likely N-dealkylation sites (tertiary alicyclic amines) is 1. The largest absolute Gasteiger partial charge is 0.381 e. The summed E-state index contributed by atoms with van der Waals surface area (Å²) in [5.74, 6) is 1.60. The Hall–Kier alpha value is -0.860. The van der Waals surface area contributed by atoms with Gasteiger partial charge in [-0.1, -0.05) is 30.3 Å². The molecule has 0 aliphatic carbocycles. The van der Waals surface area contributed by atoms with Crippen molar-refractivity contribution in [2.75, 3.05) is 26.3 Å². The SMILES string of the molecule is c1ccc(CN2C[C@@H]3COC[C@H]3C2)cc1. The van der Waals surface area contributed by atoms with Crippen molar-refractivity contribution in [3.8, 4) is 0 Å². The second kappa shape index (κ2) is 3.95. The maximum Gasteiger partial charge on any atom is 0.0510 e. The van der Waals surface area contributed by atoms with Gasteiger partial charge < -0.3 is 4.74 Å². The Labute approximate surface area is 90.8 Å². The zero-order valence-corrected chi connectivity index (χ0v) is 8.93. The van der Waals surface area contributed by atoms with Crippen LogP contribution in [-0.2, 0) is 11.3 Å². The van der Waals surface area contributed by atoms with Crippen molar-refractivity contribution in [2.24, 2.45) is 11.8 Å². The third kappa shape index (κ3) is 1.92. The van der Waals surface area contributed by atoms with E-state index in [1.165, 1.54) is 18.7 Å². The predicted octanol–water partition coefficient (Wildman–Crippen LogP) is 1.76. The lowest BCUT2D eigenvalue weighted by Crippen LogP contribution is -2.22. The van der Waals surface area contributed by atoms with Crippen molar-refractivity contribution in [2.45, 2.75) is 6.54 Å². The van der Waals surface area contributed by atoms with E-state index in [1.54, 1.807) is 0 Å². The molecule has 2 atom stereocenters. The molecule has 0 unspecified atom stereocenters. The molecule has 2 aliphatic rings. The van der Waals surface area contributed by atoms with Gasteiger partial charge in [-0.15, -0.1) is 0 Å². The smallest absolute Gasteiger partial charge is 0.0510 e.